The summed E-state index contributed by atoms with van der Waals surface area (Å²) in [7, 11) is 0. The van der Waals surface area contributed by atoms with Gasteiger partial charge in [0.25, 0.3) is 5.91 Å². The van der Waals surface area contributed by atoms with Gasteiger partial charge in [0.1, 0.15) is 11.8 Å². The van der Waals surface area contributed by atoms with Crippen LogP contribution >= 0.6 is 0 Å². The Morgan fingerprint density at radius 3 is 2.48 bits per heavy atom. The predicted octanol–water partition coefficient (Wildman–Crippen LogP) is 2.93. The Morgan fingerprint density at radius 1 is 1.07 bits per heavy atom. The minimum atomic E-state index is -0.852. The number of benzene rings is 1. The van der Waals surface area contributed by atoms with E-state index >= 15 is 0 Å². The van der Waals surface area contributed by atoms with Crippen molar-refractivity contribution >= 4 is 17.8 Å². The Kier molecular flexibility index (Phi) is 9.47. The topological polar surface area (TPSA) is 84.9 Å². The summed E-state index contributed by atoms with van der Waals surface area (Å²) in [6.45, 7) is 5.84. The number of nitrogens with one attached hydrogen (secondary N) is 1. The minimum Gasteiger partial charge on any atom is -0.494 e. The van der Waals surface area contributed by atoms with Gasteiger partial charge in [0, 0.05) is 18.7 Å². The zero-order valence-electron chi connectivity index (χ0n) is 17.4. The molecule has 1 aliphatic heterocycles. The average molecular weight is 405 g/mol. The van der Waals surface area contributed by atoms with Crippen molar-refractivity contribution in [3.05, 3.63) is 29.8 Å². The molecule has 29 heavy (non-hydrogen) atoms. The van der Waals surface area contributed by atoms with Crippen LogP contribution in [-0.2, 0) is 14.3 Å². The van der Waals surface area contributed by atoms with Gasteiger partial charge in [-0.2, -0.15) is 0 Å². The third-order valence-electron chi connectivity index (χ3n) is 4.83. The summed E-state index contributed by atoms with van der Waals surface area (Å²) in [5, 5.41) is 2.72. The molecule has 0 saturated carbocycles. The minimum absolute atomic E-state index is 0.139. The van der Waals surface area contributed by atoms with Crippen molar-refractivity contribution in [3.8, 4) is 5.75 Å². The highest BCUT2D eigenvalue weighted by Crippen LogP contribution is 2.18. The predicted molar refractivity (Wildman–Crippen MR) is 110 cm³/mol. The molecule has 1 fully saturated rings. The van der Waals surface area contributed by atoms with E-state index < -0.39 is 12.0 Å². The molecule has 160 valence electrons. The molecule has 0 spiro atoms. The Bertz CT molecular complexity index is 674. The van der Waals surface area contributed by atoms with Crippen LogP contribution in [0.2, 0.25) is 0 Å². The van der Waals surface area contributed by atoms with Gasteiger partial charge in [-0.3, -0.25) is 14.4 Å². The smallest absolute Gasteiger partial charge is 0.308 e. The molecule has 0 aliphatic carbocycles. The van der Waals surface area contributed by atoms with E-state index in [0.717, 1.165) is 32.1 Å². The number of esters is 1. The normalized spacial score (nSPS) is 16.3. The first-order valence-corrected chi connectivity index (χ1v) is 10.5. The number of hydrogen-bond acceptors (Lipinski definition) is 5. The number of carbonyl (C=O) groups is 3. The van der Waals surface area contributed by atoms with E-state index in [0.29, 0.717) is 37.6 Å². The van der Waals surface area contributed by atoms with E-state index in [1.165, 1.54) is 4.90 Å². The summed E-state index contributed by atoms with van der Waals surface area (Å²) in [6.07, 6.45) is 4.80. The maximum Gasteiger partial charge on any atom is 0.308 e. The fourth-order valence-corrected chi connectivity index (χ4v) is 3.11. The van der Waals surface area contributed by atoms with Gasteiger partial charge in [-0.05, 0) is 37.1 Å². The van der Waals surface area contributed by atoms with E-state index in [1.54, 1.807) is 24.3 Å². The molecule has 0 radical (unpaired) electrons. The van der Waals surface area contributed by atoms with Crippen LogP contribution in [0.15, 0.2) is 24.3 Å². The van der Waals surface area contributed by atoms with Crippen molar-refractivity contribution in [1.29, 1.82) is 0 Å². The number of piperazine rings is 1. The van der Waals surface area contributed by atoms with Gasteiger partial charge in [0.05, 0.1) is 19.6 Å². The Labute approximate surface area is 172 Å². The lowest BCUT2D eigenvalue weighted by Crippen LogP contribution is -2.57. The molecule has 1 aromatic rings. The summed E-state index contributed by atoms with van der Waals surface area (Å²) in [5.41, 5.74) is 0.463. The lowest BCUT2D eigenvalue weighted by molar-refractivity contribution is -0.147. The zero-order valence-corrected chi connectivity index (χ0v) is 17.4. The average Bonchev–Trinajstić information content (AvgIpc) is 2.73. The van der Waals surface area contributed by atoms with Crippen molar-refractivity contribution in [2.75, 3.05) is 26.3 Å². The molecule has 1 atom stereocenters. The Morgan fingerprint density at radius 2 is 1.79 bits per heavy atom. The number of carbonyl (C=O) groups excluding carboxylic acids is 3. The lowest BCUT2D eigenvalue weighted by atomic mass is 10.1. The summed E-state index contributed by atoms with van der Waals surface area (Å²) in [6, 6.07) is 6.06. The van der Waals surface area contributed by atoms with E-state index in [9.17, 15) is 14.4 Å². The van der Waals surface area contributed by atoms with Gasteiger partial charge in [0.2, 0.25) is 5.91 Å². The summed E-state index contributed by atoms with van der Waals surface area (Å²) in [4.78, 5) is 38.8. The summed E-state index contributed by atoms with van der Waals surface area (Å²) >= 11 is 0. The van der Waals surface area contributed by atoms with Crippen molar-refractivity contribution < 1.29 is 23.9 Å². The third-order valence-corrected chi connectivity index (χ3v) is 4.83. The molecule has 2 rings (SSSR count). The van der Waals surface area contributed by atoms with Crippen LogP contribution in [0.5, 0.6) is 5.75 Å². The highest BCUT2D eigenvalue weighted by Gasteiger charge is 2.35. The number of amides is 2. The largest absolute Gasteiger partial charge is 0.494 e. The fourth-order valence-electron chi connectivity index (χ4n) is 3.11. The second kappa shape index (κ2) is 12.1. The van der Waals surface area contributed by atoms with Gasteiger partial charge in [-0.15, -0.1) is 0 Å². The third kappa shape index (κ3) is 7.07. The first-order valence-electron chi connectivity index (χ1n) is 10.5. The molecular formula is C22H32N2O5. The van der Waals surface area contributed by atoms with Crippen LogP contribution in [0, 0.1) is 0 Å². The zero-order chi connectivity index (χ0) is 21.1. The highest BCUT2D eigenvalue weighted by molar-refractivity contribution is 5.99. The van der Waals surface area contributed by atoms with E-state index in [2.05, 4.69) is 12.2 Å². The number of ether oxygens (including phenoxy) is 2. The van der Waals surface area contributed by atoms with Crippen LogP contribution in [-0.4, -0.2) is 55.0 Å². The first-order chi connectivity index (χ1) is 14.1. The standard InChI is InChI=1S/C22H32N2O5/c1-3-5-7-15-28-18-10-8-17(9-11-18)22(27)24-13-12-23-21(26)19(24)16-20(25)29-14-6-4-2/h8-11,19H,3-7,12-16H2,1-2H3,(H,23,26). The van der Waals surface area contributed by atoms with Crippen molar-refractivity contribution in [1.82, 2.24) is 10.2 Å². The van der Waals surface area contributed by atoms with Crippen molar-refractivity contribution in [2.24, 2.45) is 0 Å². The van der Waals surface area contributed by atoms with Gasteiger partial charge in [0.15, 0.2) is 0 Å². The van der Waals surface area contributed by atoms with Crippen LogP contribution in [0.1, 0.15) is 62.7 Å². The molecule has 1 aliphatic rings. The number of unbranched alkanes of at least 4 members (excludes halogenated alkanes) is 3. The molecule has 1 saturated heterocycles. The highest BCUT2D eigenvalue weighted by atomic mass is 16.5. The van der Waals surface area contributed by atoms with Crippen LogP contribution in [0.4, 0.5) is 0 Å². The maximum atomic E-state index is 13.0. The van der Waals surface area contributed by atoms with Gasteiger partial charge in [-0.1, -0.05) is 33.1 Å². The van der Waals surface area contributed by atoms with E-state index in [4.69, 9.17) is 9.47 Å². The first kappa shape index (κ1) is 22.7. The second-order valence-electron chi connectivity index (χ2n) is 7.16. The maximum absolute atomic E-state index is 13.0. The second-order valence-corrected chi connectivity index (χ2v) is 7.16. The number of nitrogens with zero attached hydrogens (tertiary/aromatic N) is 1. The molecule has 0 aromatic heterocycles. The van der Waals surface area contributed by atoms with Gasteiger partial charge >= 0.3 is 5.97 Å². The summed E-state index contributed by atoms with van der Waals surface area (Å²) in [5.74, 6) is -0.351. The summed E-state index contributed by atoms with van der Waals surface area (Å²) < 4.78 is 10.8. The molecule has 2 amide bonds. The van der Waals surface area contributed by atoms with Crippen molar-refractivity contribution in [3.63, 3.8) is 0 Å². The monoisotopic (exact) mass is 404 g/mol. The van der Waals surface area contributed by atoms with Gasteiger partial charge < -0.3 is 19.7 Å². The fraction of sp³-hybridized carbons (Fsp3) is 0.591. The molecule has 7 nitrogen and oxygen atoms in total. The molecule has 1 N–H and O–H groups in total. The molecule has 0 bridgehead atoms. The number of rotatable bonds is 11. The van der Waals surface area contributed by atoms with Gasteiger partial charge in [-0.25, -0.2) is 0 Å². The SMILES string of the molecule is CCCCCOc1ccc(C(=O)N2CCNC(=O)C2CC(=O)OCCCC)cc1. The van der Waals surface area contributed by atoms with Crippen LogP contribution in [0.25, 0.3) is 0 Å². The Hall–Kier alpha value is -2.57. The molecule has 1 aromatic carbocycles. The van der Waals surface area contributed by atoms with Crippen molar-refractivity contribution in [2.45, 2.75) is 58.4 Å². The molecule has 7 heteroatoms. The van der Waals surface area contributed by atoms with Crippen LogP contribution < -0.4 is 10.1 Å². The van der Waals surface area contributed by atoms with E-state index in [-0.39, 0.29) is 18.2 Å². The molecular weight excluding hydrogens is 372 g/mol. The molecule has 1 unspecified atom stereocenters. The quantitative estimate of drug-likeness (QED) is 0.453. The Balaban J connectivity index is 1.98. The van der Waals surface area contributed by atoms with E-state index in [1.807, 2.05) is 6.92 Å². The number of hydrogen-bond donors (Lipinski definition) is 1. The lowest BCUT2D eigenvalue weighted by Gasteiger charge is -2.34. The molecule has 1 heterocycles. The van der Waals surface area contributed by atoms with Crippen LogP contribution in [0.3, 0.4) is 0 Å².